The molecule has 0 amide bonds. The molecule has 0 aliphatic carbocycles. The summed E-state index contributed by atoms with van der Waals surface area (Å²) in [5, 5.41) is 7.52. The molecule has 17 heteroatoms. The molecule has 1 unspecified atom stereocenters. The lowest BCUT2D eigenvalue weighted by Gasteiger charge is -2.23. The van der Waals surface area contributed by atoms with E-state index in [1.54, 1.807) is 25.1 Å². The number of alkyl halides is 6. The Bertz CT molecular complexity index is 1810. The number of ether oxygens (including phenoxy) is 2. The molecule has 3 aromatic carbocycles. The number of aromatic nitrogens is 1. The number of thiazole rings is 1. The lowest BCUT2D eigenvalue weighted by molar-refractivity contribution is -0.205. The van der Waals surface area contributed by atoms with Crippen molar-refractivity contribution < 1.29 is 45.4 Å². The van der Waals surface area contributed by atoms with Crippen LogP contribution in [0.1, 0.15) is 35.3 Å². The second kappa shape index (κ2) is 15.7. The van der Waals surface area contributed by atoms with Gasteiger partial charge in [0.2, 0.25) is 0 Å². The second-order valence-corrected chi connectivity index (χ2v) is 12.4. The normalized spacial score (nSPS) is 13.4. The number of fused-ring (bicyclic) bond motifs is 1. The lowest BCUT2D eigenvalue weighted by Crippen LogP contribution is -2.36. The SMILES string of the molecule is CC(Cc1cccc(CNCCc2c(Cl)cccc2Cl)c1)NC[C@H](OC(=O)C(F)(F)F)c1ccc(OC(=O)C(F)(F)F)c2[nH]c(=O)sc12. The van der Waals surface area contributed by atoms with Crippen molar-refractivity contribution >= 4 is 56.7 Å². The molecule has 4 rings (SSSR count). The first-order valence-corrected chi connectivity index (χ1v) is 15.8. The fourth-order valence-corrected chi connectivity index (χ4v) is 6.25. The third kappa shape index (κ3) is 9.95. The summed E-state index contributed by atoms with van der Waals surface area (Å²) in [7, 11) is 0. The zero-order valence-electron chi connectivity index (χ0n) is 24.9. The first-order valence-electron chi connectivity index (χ1n) is 14.2. The van der Waals surface area contributed by atoms with Crippen molar-refractivity contribution in [3.05, 3.63) is 96.6 Å². The summed E-state index contributed by atoms with van der Waals surface area (Å²) in [6.07, 6.45) is -11.3. The van der Waals surface area contributed by atoms with Crippen LogP contribution in [0.15, 0.2) is 59.4 Å². The molecule has 1 heterocycles. The number of hydrogen-bond donors (Lipinski definition) is 3. The maximum absolute atomic E-state index is 13.2. The standard InChI is InChI=1S/C31H27Cl2F6N3O5S/c1-16(12-17-4-2-5-18(13-17)14-40-11-10-19-21(32)6-3-7-22(19)33)41-15-24(47-28(44)31(37,38)39)20-8-9-23(46-27(43)30(34,35)36)25-26(20)48-29(45)42-25/h2-9,13,16,24,40-41H,10-12,14-15H2,1H3,(H,42,45)/t16?,24-/m0/s1. The Balaban J connectivity index is 1.45. The number of carbonyl (C=O) groups excluding carboxylic acids is 2. The van der Waals surface area contributed by atoms with Gasteiger partial charge < -0.3 is 25.1 Å². The molecule has 0 bridgehead atoms. The second-order valence-electron chi connectivity index (χ2n) is 10.6. The van der Waals surface area contributed by atoms with Crippen LogP contribution < -0.4 is 20.2 Å². The van der Waals surface area contributed by atoms with E-state index in [9.17, 15) is 40.7 Å². The average molecular weight is 739 g/mol. The Morgan fingerprint density at radius 3 is 2.25 bits per heavy atom. The van der Waals surface area contributed by atoms with Crippen LogP contribution in [0.3, 0.4) is 0 Å². The Hall–Kier alpha value is -3.63. The maximum atomic E-state index is 13.2. The molecule has 0 radical (unpaired) electrons. The fraction of sp³-hybridized carbons (Fsp3) is 0.323. The van der Waals surface area contributed by atoms with Crippen LogP contribution in [-0.4, -0.2) is 48.4 Å². The molecule has 3 N–H and O–H groups in total. The number of esters is 2. The molecular formula is C31H27Cl2F6N3O5S. The van der Waals surface area contributed by atoms with Crippen molar-refractivity contribution in [1.82, 2.24) is 15.6 Å². The predicted octanol–water partition coefficient (Wildman–Crippen LogP) is 7.06. The molecular weight excluding hydrogens is 711 g/mol. The molecule has 0 spiro atoms. The predicted molar refractivity (Wildman–Crippen MR) is 169 cm³/mol. The van der Waals surface area contributed by atoms with Crippen LogP contribution in [-0.2, 0) is 33.7 Å². The average Bonchev–Trinajstić information content (AvgIpc) is 3.40. The lowest BCUT2D eigenvalue weighted by atomic mass is 10.0. The molecule has 258 valence electrons. The fourth-order valence-electron chi connectivity index (χ4n) is 4.75. The molecule has 0 aliphatic rings. The van der Waals surface area contributed by atoms with Gasteiger partial charge in [-0.15, -0.1) is 0 Å². The number of H-pyrrole nitrogens is 1. The van der Waals surface area contributed by atoms with Crippen molar-refractivity contribution in [3.63, 3.8) is 0 Å². The Morgan fingerprint density at radius 2 is 1.58 bits per heavy atom. The highest BCUT2D eigenvalue weighted by Gasteiger charge is 2.43. The molecule has 48 heavy (non-hydrogen) atoms. The third-order valence-corrected chi connectivity index (χ3v) is 8.60. The van der Waals surface area contributed by atoms with Crippen LogP contribution in [0.4, 0.5) is 26.3 Å². The minimum atomic E-state index is -5.36. The first-order chi connectivity index (χ1) is 22.5. The van der Waals surface area contributed by atoms with Crippen LogP contribution in [0, 0.1) is 0 Å². The van der Waals surface area contributed by atoms with Gasteiger partial charge in [-0.3, -0.25) is 4.79 Å². The van der Waals surface area contributed by atoms with E-state index >= 15 is 0 Å². The van der Waals surface area contributed by atoms with Gasteiger partial charge in [0, 0.05) is 34.7 Å². The van der Waals surface area contributed by atoms with Crippen LogP contribution in [0.5, 0.6) is 5.75 Å². The summed E-state index contributed by atoms with van der Waals surface area (Å²) in [6.45, 7) is 2.54. The van der Waals surface area contributed by atoms with Gasteiger partial charge in [0.05, 0.1) is 4.70 Å². The van der Waals surface area contributed by atoms with Crippen molar-refractivity contribution in [1.29, 1.82) is 0 Å². The van der Waals surface area contributed by atoms with E-state index in [4.69, 9.17) is 27.9 Å². The van der Waals surface area contributed by atoms with Gasteiger partial charge in [0.25, 0.3) is 0 Å². The summed E-state index contributed by atoms with van der Waals surface area (Å²) in [5.74, 6) is -5.76. The zero-order chi connectivity index (χ0) is 35.2. The van der Waals surface area contributed by atoms with E-state index in [0.717, 1.165) is 28.8 Å². The molecule has 1 aromatic heterocycles. The summed E-state index contributed by atoms with van der Waals surface area (Å²) in [4.78, 5) is 36.8. The van der Waals surface area contributed by atoms with Crippen LogP contribution in [0.25, 0.3) is 10.2 Å². The van der Waals surface area contributed by atoms with E-state index in [2.05, 4.69) is 20.4 Å². The highest BCUT2D eigenvalue weighted by atomic mass is 35.5. The van der Waals surface area contributed by atoms with E-state index in [0.29, 0.717) is 47.3 Å². The van der Waals surface area contributed by atoms with Crippen molar-refractivity contribution in [3.8, 4) is 5.75 Å². The number of nitrogens with one attached hydrogen (secondary N) is 3. The smallest absolute Gasteiger partial charge is 0.449 e. The first kappa shape index (κ1) is 37.2. The summed E-state index contributed by atoms with van der Waals surface area (Å²) >= 11 is 12.9. The van der Waals surface area contributed by atoms with Gasteiger partial charge in [-0.2, -0.15) is 26.3 Å². The Labute approximate surface area is 283 Å². The van der Waals surface area contributed by atoms with E-state index in [1.807, 2.05) is 24.3 Å². The number of aromatic amines is 1. The molecule has 2 atom stereocenters. The molecule has 0 aliphatic heterocycles. The summed E-state index contributed by atoms with van der Waals surface area (Å²) < 4.78 is 86.9. The highest BCUT2D eigenvalue weighted by Crippen LogP contribution is 2.35. The highest BCUT2D eigenvalue weighted by molar-refractivity contribution is 7.16. The number of halogens is 8. The number of rotatable bonds is 13. The molecule has 0 fully saturated rings. The van der Waals surface area contributed by atoms with Gasteiger partial charge in [0.1, 0.15) is 11.6 Å². The number of benzene rings is 3. The molecule has 0 saturated carbocycles. The van der Waals surface area contributed by atoms with Crippen molar-refractivity contribution in [2.45, 2.75) is 50.8 Å². The summed E-state index contributed by atoms with van der Waals surface area (Å²) in [5.41, 5.74) is 2.21. The van der Waals surface area contributed by atoms with Gasteiger partial charge in [-0.05, 0) is 67.3 Å². The van der Waals surface area contributed by atoms with Crippen LogP contribution >= 0.6 is 34.5 Å². The van der Waals surface area contributed by atoms with Gasteiger partial charge in [0.15, 0.2) is 5.75 Å². The third-order valence-electron chi connectivity index (χ3n) is 6.96. The maximum Gasteiger partial charge on any atom is 0.491 e. The van der Waals surface area contributed by atoms with E-state index in [1.165, 1.54) is 0 Å². The Kier molecular flexibility index (Phi) is 12.2. The quantitative estimate of drug-likeness (QED) is 0.0584. The molecule has 4 aromatic rings. The van der Waals surface area contributed by atoms with Gasteiger partial charge >= 0.3 is 29.2 Å². The monoisotopic (exact) mass is 737 g/mol. The summed E-state index contributed by atoms with van der Waals surface area (Å²) in [6, 6.07) is 14.4. The minimum Gasteiger partial charge on any atom is -0.449 e. The molecule has 0 saturated heterocycles. The topological polar surface area (TPSA) is 110 Å². The number of hydrogen-bond acceptors (Lipinski definition) is 8. The van der Waals surface area contributed by atoms with E-state index in [-0.39, 0.29) is 28.4 Å². The Morgan fingerprint density at radius 1 is 0.938 bits per heavy atom. The minimum absolute atomic E-state index is 0.122. The van der Waals surface area contributed by atoms with Crippen LogP contribution in [0.2, 0.25) is 10.0 Å². The van der Waals surface area contributed by atoms with Crippen molar-refractivity contribution in [2.24, 2.45) is 0 Å². The van der Waals surface area contributed by atoms with Gasteiger partial charge in [-0.1, -0.05) is 64.9 Å². The van der Waals surface area contributed by atoms with Crippen molar-refractivity contribution in [2.75, 3.05) is 13.1 Å². The van der Waals surface area contributed by atoms with E-state index < -0.39 is 41.0 Å². The zero-order valence-corrected chi connectivity index (χ0v) is 27.2. The van der Waals surface area contributed by atoms with Gasteiger partial charge in [-0.25, -0.2) is 9.59 Å². The largest absolute Gasteiger partial charge is 0.491 e. The molecule has 8 nitrogen and oxygen atoms in total. The number of carbonyl (C=O) groups is 2.